The molecule has 0 N–H and O–H groups in total. The first kappa shape index (κ1) is 23.1. The van der Waals surface area contributed by atoms with E-state index in [0.717, 1.165) is 23.1 Å². The maximum absolute atomic E-state index is 13.6. The van der Waals surface area contributed by atoms with Crippen LogP contribution in [0.25, 0.3) is 5.78 Å². The number of aromatic nitrogens is 4. The molecular formula is C21H25FN6O4S. The van der Waals surface area contributed by atoms with Crippen molar-refractivity contribution in [1.29, 1.82) is 0 Å². The molecule has 0 amide bonds. The number of benzene rings is 1. The van der Waals surface area contributed by atoms with Gasteiger partial charge in [-0.15, -0.1) is 0 Å². The Balaban J connectivity index is 1.59. The summed E-state index contributed by atoms with van der Waals surface area (Å²) in [4.78, 5) is 22.6. The van der Waals surface area contributed by atoms with E-state index in [1.165, 1.54) is 28.8 Å². The molecular weight excluding hydrogens is 451 g/mol. The van der Waals surface area contributed by atoms with Crippen molar-refractivity contribution in [3.63, 3.8) is 0 Å². The van der Waals surface area contributed by atoms with E-state index in [9.17, 15) is 17.6 Å². The Bertz CT molecular complexity index is 1270. The molecule has 0 bridgehead atoms. The monoisotopic (exact) mass is 476 g/mol. The molecule has 0 radical (unpaired) electrons. The Labute approximate surface area is 191 Å². The van der Waals surface area contributed by atoms with Crippen molar-refractivity contribution in [2.75, 3.05) is 37.7 Å². The molecule has 1 fully saturated rings. The average molecular weight is 477 g/mol. The second-order valence-electron chi connectivity index (χ2n) is 7.62. The van der Waals surface area contributed by atoms with E-state index < -0.39 is 15.8 Å². The summed E-state index contributed by atoms with van der Waals surface area (Å²) in [5.41, 5.74) is 1.56. The molecule has 0 atom stereocenters. The summed E-state index contributed by atoms with van der Waals surface area (Å²) in [6.45, 7) is 5.13. The number of hydrogen-bond acceptors (Lipinski definition) is 8. The molecule has 0 saturated carbocycles. The van der Waals surface area contributed by atoms with Crippen LogP contribution < -0.4 is 4.90 Å². The number of carbonyl (C=O) groups excluding carboxylic acids is 1. The average Bonchev–Trinajstić information content (AvgIpc) is 3.25. The number of fused-ring (bicyclic) bond motifs is 1. The van der Waals surface area contributed by atoms with Gasteiger partial charge in [-0.1, -0.05) is 6.07 Å². The third-order valence-electron chi connectivity index (χ3n) is 5.56. The SMILES string of the molecule is CCOC(=O)CCc1c(C)nc2ncnn2c1N1CCN(S(=O)(=O)c2cccc(F)c2)CC1. The summed E-state index contributed by atoms with van der Waals surface area (Å²) >= 11 is 0. The highest BCUT2D eigenvalue weighted by atomic mass is 32.2. The third-order valence-corrected chi connectivity index (χ3v) is 7.46. The molecule has 33 heavy (non-hydrogen) atoms. The maximum atomic E-state index is 13.6. The van der Waals surface area contributed by atoms with Crippen molar-refractivity contribution in [1.82, 2.24) is 23.9 Å². The van der Waals surface area contributed by atoms with Crippen LogP contribution in [-0.2, 0) is 26.0 Å². The predicted molar refractivity (Wildman–Crippen MR) is 118 cm³/mol. The van der Waals surface area contributed by atoms with Crippen molar-refractivity contribution < 1.29 is 22.3 Å². The lowest BCUT2D eigenvalue weighted by Gasteiger charge is -2.36. The summed E-state index contributed by atoms with van der Waals surface area (Å²) < 4.78 is 47.5. The van der Waals surface area contributed by atoms with Crippen LogP contribution >= 0.6 is 0 Å². The van der Waals surface area contributed by atoms with Crippen LogP contribution in [0.15, 0.2) is 35.5 Å². The van der Waals surface area contributed by atoms with Gasteiger partial charge in [0.15, 0.2) is 0 Å². The number of halogens is 1. The number of esters is 1. The molecule has 10 nitrogen and oxygen atoms in total. The van der Waals surface area contributed by atoms with Gasteiger partial charge in [-0.2, -0.15) is 18.9 Å². The second kappa shape index (κ2) is 9.40. The number of carbonyl (C=O) groups is 1. The van der Waals surface area contributed by atoms with Crippen molar-refractivity contribution in [3.05, 3.63) is 47.7 Å². The van der Waals surface area contributed by atoms with Gasteiger partial charge in [0.25, 0.3) is 5.78 Å². The van der Waals surface area contributed by atoms with Crippen LogP contribution in [0.3, 0.4) is 0 Å². The molecule has 1 saturated heterocycles. The topological polar surface area (TPSA) is 110 Å². The van der Waals surface area contributed by atoms with Gasteiger partial charge in [-0.25, -0.2) is 17.8 Å². The van der Waals surface area contributed by atoms with Crippen LogP contribution in [0, 0.1) is 12.7 Å². The third kappa shape index (κ3) is 4.67. The molecule has 0 unspecified atom stereocenters. The zero-order valence-electron chi connectivity index (χ0n) is 18.4. The fraction of sp³-hybridized carbons (Fsp3) is 0.429. The van der Waals surface area contributed by atoms with Gasteiger partial charge in [0.2, 0.25) is 10.0 Å². The second-order valence-corrected chi connectivity index (χ2v) is 9.56. The molecule has 2 aromatic heterocycles. The largest absolute Gasteiger partial charge is 0.466 e. The molecule has 1 aliphatic heterocycles. The van der Waals surface area contributed by atoms with Gasteiger partial charge >= 0.3 is 5.97 Å². The van der Waals surface area contributed by atoms with Crippen LogP contribution in [-0.4, -0.2) is 71.1 Å². The van der Waals surface area contributed by atoms with Crippen LogP contribution in [0.5, 0.6) is 0 Å². The quantitative estimate of drug-likeness (QED) is 0.473. The molecule has 3 heterocycles. The minimum absolute atomic E-state index is 0.0653. The van der Waals surface area contributed by atoms with Crippen LogP contribution in [0.2, 0.25) is 0 Å². The highest BCUT2D eigenvalue weighted by Crippen LogP contribution is 2.27. The Morgan fingerprint density at radius 3 is 2.67 bits per heavy atom. The van der Waals surface area contributed by atoms with Crippen molar-refractivity contribution in [3.8, 4) is 0 Å². The van der Waals surface area contributed by atoms with Crippen molar-refractivity contribution >= 4 is 27.6 Å². The van der Waals surface area contributed by atoms with Gasteiger partial charge < -0.3 is 9.64 Å². The molecule has 176 valence electrons. The lowest BCUT2D eigenvalue weighted by molar-refractivity contribution is -0.143. The Hall–Kier alpha value is -3.12. The molecule has 1 aliphatic rings. The summed E-state index contributed by atoms with van der Waals surface area (Å²) in [6.07, 6.45) is 2.01. The van der Waals surface area contributed by atoms with E-state index >= 15 is 0 Å². The number of sulfonamides is 1. The predicted octanol–water partition coefficient (Wildman–Crippen LogP) is 1.58. The van der Waals surface area contributed by atoms with E-state index in [4.69, 9.17) is 4.74 Å². The van der Waals surface area contributed by atoms with E-state index in [0.29, 0.717) is 31.9 Å². The number of hydrogen-bond donors (Lipinski definition) is 0. The number of piperazine rings is 1. The molecule has 0 spiro atoms. The summed E-state index contributed by atoms with van der Waals surface area (Å²) in [5.74, 6) is 0.272. The van der Waals surface area contributed by atoms with E-state index in [-0.39, 0.29) is 30.4 Å². The van der Waals surface area contributed by atoms with Gasteiger partial charge in [0, 0.05) is 43.9 Å². The molecule has 4 rings (SSSR count). The Morgan fingerprint density at radius 1 is 1.21 bits per heavy atom. The van der Waals surface area contributed by atoms with Gasteiger partial charge in [0.05, 0.1) is 11.5 Å². The van der Waals surface area contributed by atoms with Crippen molar-refractivity contribution in [2.45, 2.75) is 31.6 Å². The van der Waals surface area contributed by atoms with Gasteiger partial charge in [-0.3, -0.25) is 4.79 Å². The standard InChI is InChI=1S/C21H25FN6O4S/c1-3-32-19(29)8-7-18-15(2)25-21-23-14-24-28(21)20(18)26-9-11-27(12-10-26)33(30,31)17-6-4-5-16(22)13-17/h4-6,13-14H,3,7-12H2,1-2H3. The number of rotatable bonds is 7. The molecule has 3 aromatic rings. The summed E-state index contributed by atoms with van der Waals surface area (Å²) in [7, 11) is -3.81. The maximum Gasteiger partial charge on any atom is 0.306 e. The van der Waals surface area contributed by atoms with E-state index in [1.807, 2.05) is 11.8 Å². The Morgan fingerprint density at radius 2 is 1.97 bits per heavy atom. The van der Waals surface area contributed by atoms with Crippen LogP contribution in [0.1, 0.15) is 24.6 Å². The lowest BCUT2D eigenvalue weighted by atomic mass is 10.1. The number of aryl methyl sites for hydroxylation is 1. The molecule has 12 heteroatoms. The first-order chi connectivity index (χ1) is 15.8. The van der Waals surface area contributed by atoms with Crippen molar-refractivity contribution in [2.24, 2.45) is 0 Å². The van der Waals surface area contributed by atoms with E-state index in [1.54, 1.807) is 11.4 Å². The van der Waals surface area contributed by atoms with Crippen LogP contribution in [0.4, 0.5) is 10.2 Å². The highest BCUT2D eigenvalue weighted by molar-refractivity contribution is 7.89. The highest BCUT2D eigenvalue weighted by Gasteiger charge is 2.31. The fourth-order valence-corrected chi connectivity index (χ4v) is 5.42. The van der Waals surface area contributed by atoms with Gasteiger partial charge in [-0.05, 0) is 38.5 Å². The van der Waals surface area contributed by atoms with E-state index in [2.05, 4.69) is 15.1 Å². The zero-order chi connectivity index (χ0) is 23.6. The molecule has 1 aromatic carbocycles. The lowest BCUT2D eigenvalue weighted by Crippen LogP contribution is -2.49. The summed E-state index contributed by atoms with van der Waals surface area (Å²) in [6, 6.07) is 5.02. The summed E-state index contributed by atoms with van der Waals surface area (Å²) in [5, 5.41) is 4.30. The van der Waals surface area contributed by atoms with Gasteiger partial charge in [0.1, 0.15) is 18.0 Å². The zero-order valence-corrected chi connectivity index (χ0v) is 19.3. The number of ether oxygens (including phenoxy) is 1. The normalized spacial score (nSPS) is 15.2. The first-order valence-corrected chi connectivity index (χ1v) is 12.1. The smallest absolute Gasteiger partial charge is 0.306 e. The Kier molecular flexibility index (Phi) is 6.56. The minimum atomic E-state index is -3.81. The number of anilines is 1. The molecule has 0 aliphatic carbocycles. The fourth-order valence-electron chi connectivity index (χ4n) is 3.96. The minimum Gasteiger partial charge on any atom is -0.466 e. The number of nitrogens with zero attached hydrogens (tertiary/aromatic N) is 6. The first-order valence-electron chi connectivity index (χ1n) is 10.7.